The Kier molecular flexibility index (Phi) is 8.34. The molecule has 3 nitrogen and oxygen atoms in total. The van der Waals surface area contributed by atoms with Crippen molar-refractivity contribution in [1.29, 1.82) is 0 Å². The maximum atomic E-state index is 9.81. The molecule has 0 saturated heterocycles. The van der Waals surface area contributed by atoms with Crippen molar-refractivity contribution in [3.05, 3.63) is 0 Å². The number of nitrogens with one attached hydrogen (secondary N) is 1. The first-order chi connectivity index (χ1) is 5.43. The van der Waals surface area contributed by atoms with E-state index in [4.69, 9.17) is 4.84 Å². The van der Waals surface area contributed by atoms with Gasteiger partial charge in [0.05, 0.1) is 6.61 Å². The van der Waals surface area contributed by atoms with Gasteiger partial charge in [-0.05, 0) is 18.8 Å². The summed E-state index contributed by atoms with van der Waals surface area (Å²) in [7, 11) is 0. The number of rotatable bonds is 4. The van der Waals surface area contributed by atoms with Crippen molar-refractivity contribution < 1.29 is 9.63 Å². The first-order valence-corrected chi connectivity index (χ1v) is 4.24. The summed E-state index contributed by atoms with van der Waals surface area (Å²) in [5.74, 6) is 0.663. The van der Waals surface area contributed by atoms with E-state index >= 15 is 0 Å². The third-order valence-electron chi connectivity index (χ3n) is 2.18. The molecule has 0 unspecified atom stereocenters. The van der Waals surface area contributed by atoms with E-state index < -0.39 is 0 Å². The maximum absolute atomic E-state index is 9.81. The third kappa shape index (κ3) is 5.14. The fraction of sp³-hybridized carbons (Fsp3) is 0.875. The Bertz CT molecular complexity index is 116. The van der Waals surface area contributed by atoms with E-state index in [-0.39, 0.29) is 29.6 Å². The first-order valence-electron chi connectivity index (χ1n) is 4.24. The molecule has 1 rings (SSSR count). The summed E-state index contributed by atoms with van der Waals surface area (Å²) in [5.41, 5.74) is 2.21. The van der Waals surface area contributed by atoms with Gasteiger partial charge in [-0.15, -0.1) is 0 Å². The van der Waals surface area contributed by atoms with E-state index in [1.165, 1.54) is 32.1 Å². The molecule has 0 aromatic carbocycles. The fourth-order valence-electron chi connectivity index (χ4n) is 1.55. The second kappa shape index (κ2) is 8.05. The van der Waals surface area contributed by atoms with Crippen LogP contribution in [-0.4, -0.2) is 42.6 Å². The summed E-state index contributed by atoms with van der Waals surface area (Å²) in [5, 5.41) is 0. The Morgan fingerprint density at radius 1 is 1.33 bits per heavy atom. The van der Waals surface area contributed by atoms with Crippen molar-refractivity contribution in [1.82, 2.24) is 5.48 Å². The van der Waals surface area contributed by atoms with Gasteiger partial charge < -0.3 is 0 Å². The van der Waals surface area contributed by atoms with Gasteiger partial charge in [0.25, 0.3) is 0 Å². The quantitative estimate of drug-likeness (QED) is 0.298. The van der Waals surface area contributed by atoms with Crippen LogP contribution >= 0.6 is 0 Å². The molecule has 1 aliphatic carbocycles. The monoisotopic (exact) mass is 181 g/mol. The topological polar surface area (TPSA) is 38.3 Å². The molecule has 0 bridgehead atoms. The minimum atomic E-state index is 0. The van der Waals surface area contributed by atoms with Crippen molar-refractivity contribution >= 4 is 36.0 Å². The molecule has 1 aliphatic rings. The van der Waals surface area contributed by atoms with Crippen LogP contribution in [-0.2, 0) is 9.63 Å². The van der Waals surface area contributed by atoms with Gasteiger partial charge in [-0.3, -0.25) is 9.63 Å². The molecule has 4 heteroatoms. The molecule has 1 fully saturated rings. The fourth-order valence-corrected chi connectivity index (χ4v) is 1.55. The van der Waals surface area contributed by atoms with Crippen LogP contribution in [0.25, 0.3) is 0 Å². The zero-order chi connectivity index (χ0) is 7.94. The number of carbonyl (C=O) groups excluding carboxylic acids is 1. The van der Waals surface area contributed by atoms with E-state index in [1.54, 1.807) is 0 Å². The van der Waals surface area contributed by atoms with Crippen molar-refractivity contribution in [3.63, 3.8) is 0 Å². The zero-order valence-corrected chi connectivity index (χ0v) is 6.71. The van der Waals surface area contributed by atoms with Gasteiger partial charge >= 0.3 is 29.6 Å². The average Bonchev–Trinajstić information content (AvgIpc) is 2.07. The molecule has 1 N–H and O–H groups in total. The van der Waals surface area contributed by atoms with Gasteiger partial charge in [-0.25, -0.2) is 5.48 Å². The van der Waals surface area contributed by atoms with Gasteiger partial charge in [0.2, 0.25) is 6.41 Å². The van der Waals surface area contributed by atoms with E-state index in [0.717, 1.165) is 0 Å². The van der Waals surface area contributed by atoms with E-state index in [2.05, 4.69) is 5.48 Å². The molecule has 0 heterocycles. The van der Waals surface area contributed by atoms with Crippen LogP contribution in [0.15, 0.2) is 0 Å². The summed E-state index contributed by atoms with van der Waals surface area (Å²) >= 11 is 0. The summed E-state index contributed by atoms with van der Waals surface area (Å²) in [6.07, 6.45) is 7.06. The molecule has 1 saturated carbocycles. The molecule has 12 heavy (non-hydrogen) atoms. The van der Waals surface area contributed by atoms with Crippen molar-refractivity contribution in [2.24, 2.45) is 5.92 Å². The summed E-state index contributed by atoms with van der Waals surface area (Å²) < 4.78 is 0. The van der Waals surface area contributed by atoms with Crippen molar-refractivity contribution in [2.75, 3.05) is 6.61 Å². The molecule has 0 aromatic rings. The average molecular weight is 181 g/mol. The van der Waals surface area contributed by atoms with Gasteiger partial charge in [0.1, 0.15) is 0 Å². The van der Waals surface area contributed by atoms with Crippen LogP contribution in [0.4, 0.5) is 0 Å². The minimum absolute atomic E-state index is 0. The molecule has 66 valence electrons. The predicted octanol–water partition coefficient (Wildman–Crippen LogP) is 0.596. The van der Waals surface area contributed by atoms with Crippen LogP contribution in [0.1, 0.15) is 32.1 Å². The molecular formula is C8H16NNaO2. The molecule has 0 atom stereocenters. The number of hydrogen-bond acceptors (Lipinski definition) is 2. The number of amides is 1. The zero-order valence-electron chi connectivity index (χ0n) is 6.71. The van der Waals surface area contributed by atoms with Crippen molar-refractivity contribution in [2.45, 2.75) is 32.1 Å². The van der Waals surface area contributed by atoms with Gasteiger partial charge in [0, 0.05) is 0 Å². The van der Waals surface area contributed by atoms with E-state index in [0.29, 0.717) is 18.9 Å². The summed E-state index contributed by atoms with van der Waals surface area (Å²) in [6, 6.07) is 0. The van der Waals surface area contributed by atoms with Crippen LogP contribution in [0.2, 0.25) is 0 Å². The summed E-state index contributed by atoms with van der Waals surface area (Å²) in [6.45, 7) is 0.679. The van der Waals surface area contributed by atoms with Crippen molar-refractivity contribution in [3.8, 4) is 0 Å². The Balaban J connectivity index is 0.00000121. The number of hydroxylamine groups is 1. The van der Waals surface area contributed by atoms with Gasteiger partial charge in [-0.1, -0.05) is 19.3 Å². The Morgan fingerprint density at radius 2 is 2.00 bits per heavy atom. The van der Waals surface area contributed by atoms with Crippen LogP contribution < -0.4 is 5.48 Å². The molecule has 0 aromatic heterocycles. The Labute approximate surface area is 95.5 Å². The van der Waals surface area contributed by atoms with Crippen LogP contribution in [0.3, 0.4) is 0 Å². The third-order valence-corrected chi connectivity index (χ3v) is 2.18. The Morgan fingerprint density at radius 3 is 2.58 bits per heavy atom. The molecule has 0 radical (unpaired) electrons. The summed E-state index contributed by atoms with van der Waals surface area (Å²) in [4.78, 5) is 14.7. The number of hydrogen-bond donors (Lipinski definition) is 1. The second-order valence-corrected chi connectivity index (χ2v) is 3.05. The van der Waals surface area contributed by atoms with Crippen LogP contribution in [0, 0.1) is 5.92 Å². The standard InChI is InChI=1S/C8H15NO2.Na.H/c10-7-9-11-6-8-4-2-1-3-5-8;;/h7-8H,1-6H2,(H,9,10);;. The first kappa shape index (κ1) is 12.4. The van der Waals surface area contributed by atoms with E-state index in [9.17, 15) is 4.79 Å². The SMILES string of the molecule is O=CNOCC1CCCCC1.[NaH]. The normalized spacial score (nSPS) is 18.0. The molecule has 0 aliphatic heterocycles. The Hall–Kier alpha value is 0.430. The van der Waals surface area contributed by atoms with Crippen LogP contribution in [0.5, 0.6) is 0 Å². The predicted molar refractivity (Wildman–Crippen MR) is 48.9 cm³/mol. The number of carbonyl (C=O) groups is 1. The van der Waals surface area contributed by atoms with E-state index in [1.807, 2.05) is 0 Å². The van der Waals surface area contributed by atoms with Gasteiger partial charge in [-0.2, -0.15) is 0 Å². The second-order valence-electron chi connectivity index (χ2n) is 3.05. The molecular weight excluding hydrogens is 165 g/mol. The molecule has 0 spiro atoms. The van der Waals surface area contributed by atoms with Gasteiger partial charge in [0.15, 0.2) is 0 Å². The molecule has 1 amide bonds.